The molecule has 0 aliphatic heterocycles. The molecule has 1 atom stereocenters. The van der Waals surface area contributed by atoms with Crippen LogP contribution in [0.5, 0.6) is 11.5 Å². The van der Waals surface area contributed by atoms with Crippen LogP contribution < -0.4 is 14.8 Å². The first-order valence-corrected chi connectivity index (χ1v) is 8.68. The number of alkyl halides is 3. The average Bonchev–Trinajstić information content (AvgIpc) is 3.05. The predicted octanol–water partition coefficient (Wildman–Crippen LogP) is 2.93. The van der Waals surface area contributed by atoms with Gasteiger partial charge in [0.25, 0.3) is 0 Å². The van der Waals surface area contributed by atoms with Crippen molar-refractivity contribution in [3.63, 3.8) is 0 Å². The van der Waals surface area contributed by atoms with Crippen LogP contribution in [0.4, 0.5) is 13.2 Å². The molecule has 0 aliphatic carbocycles. The molecule has 27 heavy (non-hydrogen) atoms. The van der Waals surface area contributed by atoms with Crippen molar-refractivity contribution in [2.24, 2.45) is 0 Å². The first-order chi connectivity index (χ1) is 12.6. The van der Waals surface area contributed by atoms with Gasteiger partial charge in [0.1, 0.15) is 5.01 Å². The van der Waals surface area contributed by atoms with E-state index in [1.807, 2.05) is 0 Å². The monoisotopic (exact) mass is 404 g/mol. The lowest BCUT2D eigenvalue weighted by Crippen LogP contribution is -2.46. The van der Waals surface area contributed by atoms with E-state index in [0.29, 0.717) is 34.1 Å². The molecule has 6 nitrogen and oxygen atoms in total. The Kier molecular flexibility index (Phi) is 6.32. The second-order valence-corrected chi connectivity index (χ2v) is 6.62. The molecule has 1 amide bonds. The molecule has 2 rings (SSSR count). The van der Waals surface area contributed by atoms with Crippen LogP contribution in [0, 0.1) is 6.92 Å². The lowest BCUT2D eigenvalue weighted by molar-refractivity contribution is -0.267. The normalized spacial score (nSPS) is 13.7. The van der Waals surface area contributed by atoms with Crippen LogP contribution in [0.2, 0.25) is 0 Å². The van der Waals surface area contributed by atoms with E-state index in [4.69, 9.17) is 9.47 Å². The summed E-state index contributed by atoms with van der Waals surface area (Å²) in [5, 5.41) is 13.4. The molecule has 1 heterocycles. The van der Waals surface area contributed by atoms with Gasteiger partial charge in [-0.25, -0.2) is 4.98 Å². The Morgan fingerprint density at radius 1 is 1.30 bits per heavy atom. The molecule has 0 radical (unpaired) electrons. The fraction of sp³-hybridized carbons (Fsp3) is 0.412. The zero-order chi connectivity index (χ0) is 20.2. The van der Waals surface area contributed by atoms with Crippen LogP contribution in [0.25, 0.3) is 0 Å². The predicted molar refractivity (Wildman–Crippen MR) is 92.8 cm³/mol. The summed E-state index contributed by atoms with van der Waals surface area (Å²) in [5.41, 5.74) is -2.50. The van der Waals surface area contributed by atoms with Gasteiger partial charge >= 0.3 is 6.18 Å². The van der Waals surface area contributed by atoms with Gasteiger partial charge < -0.3 is 19.9 Å². The molecule has 1 unspecified atom stereocenters. The standard InChI is InChI=1S/C17H19F3N2O4S/c1-10-9-27-15(22-10)16(24,17(18,19)20)7-13(23)21-8-11-5-4-6-12(25-2)14(11)26-3/h4-6,9,24H,7-8H2,1-3H3,(H,21,23). The van der Waals surface area contributed by atoms with Gasteiger partial charge in [-0.15, -0.1) is 11.3 Å². The van der Waals surface area contributed by atoms with E-state index in [2.05, 4.69) is 10.3 Å². The Balaban J connectivity index is 2.16. The van der Waals surface area contributed by atoms with Crippen molar-refractivity contribution >= 4 is 17.2 Å². The number of aryl methyl sites for hydroxylation is 1. The van der Waals surface area contributed by atoms with Gasteiger partial charge in [0.05, 0.1) is 20.6 Å². The van der Waals surface area contributed by atoms with Gasteiger partial charge in [-0.2, -0.15) is 13.2 Å². The zero-order valence-corrected chi connectivity index (χ0v) is 15.7. The van der Waals surface area contributed by atoms with Crippen molar-refractivity contribution in [2.75, 3.05) is 14.2 Å². The van der Waals surface area contributed by atoms with E-state index in [-0.39, 0.29) is 6.54 Å². The largest absolute Gasteiger partial charge is 0.493 e. The first kappa shape index (κ1) is 21.0. The van der Waals surface area contributed by atoms with Gasteiger partial charge in [0.15, 0.2) is 11.5 Å². The minimum absolute atomic E-state index is 0.0932. The number of ether oxygens (including phenoxy) is 2. The number of halogens is 3. The Bertz CT molecular complexity index is 810. The SMILES string of the molecule is COc1cccc(CNC(=O)CC(O)(c2nc(C)cs2)C(F)(F)F)c1OC. The van der Waals surface area contributed by atoms with Crippen LogP contribution >= 0.6 is 11.3 Å². The van der Waals surface area contributed by atoms with Crippen molar-refractivity contribution in [3.8, 4) is 11.5 Å². The van der Waals surface area contributed by atoms with Crippen LogP contribution in [0.3, 0.4) is 0 Å². The summed E-state index contributed by atoms with van der Waals surface area (Å²) >= 11 is 0.653. The number of amides is 1. The number of carbonyl (C=O) groups is 1. The molecule has 10 heteroatoms. The number of nitrogens with one attached hydrogen (secondary N) is 1. The lowest BCUT2D eigenvalue weighted by Gasteiger charge is -2.28. The van der Waals surface area contributed by atoms with Gasteiger partial charge in [-0.3, -0.25) is 4.79 Å². The summed E-state index contributed by atoms with van der Waals surface area (Å²) in [6.45, 7) is 1.41. The zero-order valence-electron chi connectivity index (χ0n) is 14.9. The van der Waals surface area contributed by atoms with Gasteiger partial charge in [0, 0.05) is 23.2 Å². The van der Waals surface area contributed by atoms with E-state index in [9.17, 15) is 23.1 Å². The molecule has 0 aliphatic rings. The number of rotatable bonds is 7. The van der Waals surface area contributed by atoms with E-state index < -0.39 is 29.1 Å². The quantitative estimate of drug-likeness (QED) is 0.742. The fourth-order valence-corrected chi connectivity index (χ4v) is 3.34. The molecule has 0 fully saturated rings. The molecular weight excluding hydrogens is 385 g/mol. The molecule has 0 bridgehead atoms. The topological polar surface area (TPSA) is 80.7 Å². The second kappa shape index (κ2) is 8.13. The van der Waals surface area contributed by atoms with Crippen molar-refractivity contribution in [1.29, 1.82) is 0 Å². The van der Waals surface area contributed by atoms with E-state index in [0.717, 1.165) is 0 Å². The third-order valence-electron chi connectivity index (χ3n) is 3.82. The maximum absolute atomic E-state index is 13.4. The van der Waals surface area contributed by atoms with Crippen molar-refractivity contribution < 1.29 is 32.5 Å². The summed E-state index contributed by atoms with van der Waals surface area (Å²) in [7, 11) is 2.86. The fourth-order valence-electron chi connectivity index (χ4n) is 2.42. The minimum Gasteiger partial charge on any atom is -0.493 e. The van der Waals surface area contributed by atoms with E-state index in [1.165, 1.54) is 26.5 Å². The Morgan fingerprint density at radius 3 is 2.52 bits per heavy atom. The van der Waals surface area contributed by atoms with E-state index in [1.54, 1.807) is 18.2 Å². The molecule has 2 aromatic rings. The van der Waals surface area contributed by atoms with Gasteiger partial charge in [-0.05, 0) is 13.0 Å². The molecule has 0 spiro atoms. The highest BCUT2D eigenvalue weighted by atomic mass is 32.1. The third kappa shape index (κ3) is 4.51. The Hall–Kier alpha value is -2.33. The number of methoxy groups -OCH3 is 2. The molecular formula is C17H19F3N2O4S. The summed E-state index contributed by atoms with van der Waals surface area (Å²) in [5.74, 6) is -0.191. The van der Waals surface area contributed by atoms with Crippen LogP contribution in [0.1, 0.15) is 22.7 Å². The lowest BCUT2D eigenvalue weighted by atomic mass is 9.99. The number of carbonyl (C=O) groups excluding carboxylic acids is 1. The summed E-state index contributed by atoms with van der Waals surface area (Å²) in [6.07, 6.45) is -6.25. The van der Waals surface area contributed by atoms with E-state index >= 15 is 0 Å². The number of para-hydroxylation sites is 1. The number of thiazole rings is 1. The highest BCUT2D eigenvalue weighted by Crippen LogP contribution is 2.42. The number of nitrogens with zero attached hydrogens (tertiary/aromatic N) is 1. The summed E-state index contributed by atoms with van der Waals surface area (Å²) in [6, 6.07) is 4.95. The van der Waals surface area contributed by atoms with Gasteiger partial charge in [-0.1, -0.05) is 12.1 Å². The van der Waals surface area contributed by atoms with Crippen LogP contribution in [0.15, 0.2) is 23.6 Å². The maximum Gasteiger partial charge on any atom is 0.424 e. The number of hydrogen-bond donors (Lipinski definition) is 2. The molecule has 1 aromatic carbocycles. The molecule has 0 saturated carbocycles. The smallest absolute Gasteiger partial charge is 0.424 e. The number of aromatic nitrogens is 1. The summed E-state index contributed by atoms with van der Waals surface area (Å²) in [4.78, 5) is 15.8. The van der Waals surface area contributed by atoms with Crippen molar-refractivity contribution in [3.05, 3.63) is 39.8 Å². The molecule has 0 saturated heterocycles. The highest BCUT2D eigenvalue weighted by Gasteiger charge is 2.58. The first-order valence-electron chi connectivity index (χ1n) is 7.80. The third-order valence-corrected chi connectivity index (χ3v) is 4.93. The molecule has 1 aromatic heterocycles. The van der Waals surface area contributed by atoms with Crippen LogP contribution in [-0.2, 0) is 16.9 Å². The van der Waals surface area contributed by atoms with Crippen LogP contribution in [-0.4, -0.2) is 36.4 Å². The highest BCUT2D eigenvalue weighted by molar-refractivity contribution is 7.09. The number of aliphatic hydroxyl groups is 1. The number of hydrogen-bond acceptors (Lipinski definition) is 6. The minimum atomic E-state index is -5.05. The van der Waals surface area contributed by atoms with Crippen molar-refractivity contribution in [2.45, 2.75) is 31.7 Å². The van der Waals surface area contributed by atoms with Crippen molar-refractivity contribution in [1.82, 2.24) is 10.3 Å². The Morgan fingerprint density at radius 2 is 2.00 bits per heavy atom. The maximum atomic E-state index is 13.4. The number of benzene rings is 1. The van der Waals surface area contributed by atoms with Gasteiger partial charge in [0.2, 0.25) is 11.5 Å². The summed E-state index contributed by atoms with van der Waals surface area (Å²) < 4.78 is 50.7. The molecule has 148 valence electrons. The second-order valence-electron chi connectivity index (χ2n) is 5.76. The Labute approximate surface area is 157 Å². The molecule has 2 N–H and O–H groups in total. The average molecular weight is 404 g/mol.